The van der Waals surface area contributed by atoms with Gasteiger partial charge in [-0.3, -0.25) is 9.69 Å². The first-order chi connectivity index (χ1) is 12.7. The molecule has 0 aliphatic carbocycles. The van der Waals surface area contributed by atoms with Crippen LogP contribution in [0, 0.1) is 0 Å². The van der Waals surface area contributed by atoms with E-state index in [-0.39, 0.29) is 5.91 Å². The number of rotatable bonds is 8. The van der Waals surface area contributed by atoms with Crippen LogP contribution in [-0.4, -0.2) is 54.7 Å². The number of thioether (sulfide) groups is 1. The highest BCUT2D eigenvalue weighted by Gasteiger charge is 2.15. The Morgan fingerprint density at radius 2 is 1.88 bits per heavy atom. The van der Waals surface area contributed by atoms with Gasteiger partial charge in [0.2, 0.25) is 5.91 Å². The van der Waals surface area contributed by atoms with Crippen molar-refractivity contribution < 1.29 is 4.79 Å². The summed E-state index contributed by atoms with van der Waals surface area (Å²) in [6, 6.07) is 12.6. The van der Waals surface area contributed by atoms with Crippen LogP contribution >= 0.6 is 23.1 Å². The fourth-order valence-electron chi connectivity index (χ4n) is 3.01. The molecule has 1 fully saturated rings. The first kappa shape index (κ1) is 19.4. The lowest BCUT2D eigenvalue weighted by Gasteiger charge is -2.32. The van der Waals surface area contributed by atoms with Crippen molar-refractivity contribution in [1.29, 1.82) is 0 Å². The molecule has 4 nitrogen and oxygen atoms in total. The Hall–Kier alpha value is -1.34. The summed E-state index contributed by atoms with van der Waals surface area (Å²) in [5.41, 5.74) is 2.55. The number of hydrogen-bond donors (Lipinski definition) is 1. The molecule has 1 aromatic heterocycles. The summed E-state index contributed by atoms with van der Waals surface area (Å²) in [4.78, 5) is 18.3. The molecule has 0 radical (unpaired) electrons. The molecule has 1 amide bonds. The van der Waals surface area contributed by atoms with Gasteiger partial charge in [0, 0.05) is 49.9 Å². The minimum atomic E-state index is 0.112. The third-order valence-corrected chi connectivity index (χ3v) is 6.68. The summed E-state index contributed by atoms with van der Waals surface area (Å²) in [6.45, 7) is 6.04. The molecule has 1 N–H and O–H groups in total. The van der Waals surface area contributed by atoms with Crippen LogP contribution in [0.4, 0.5) is 0 Å². The van der Waals surface area contributed by atoms with E-state index in [1.807, 2.05) is 0 Å². The molecule has 140 valence electrons. The lowest BCUT2D eigenvalue weighted by Crippen LogP contribution is -2.44. The molecular weight excluding hydrogens is 362 g/mol. The summed E-state index contributed by atoms with van der Waals surface area (Å²) in [7, 11) is 2.18. The molecule has 1 aliphatic heterocycles. The summed E-state index contributed by atoms with van der Waals surface area (Å²) >= 11 is 3.42. The van der Waals surface area contributed by atoms with E-state index in [2.05, 4.69) is 63.9 Å². The van der Waals surface area contributed by atoms with Crippen molar-refractivity contribution in [3.8, 4) is 0 Å². The van der Waals surface area contributed by atoms with E-state index < -0.39 is 0 Å². The number of nitrogens with one attached hydrogen (secondary N) is 1. The van der Waals surface area contributed by atoms with Crippen molar-refractivity contribution >= 4 is 29.0 Å². The lowest BCUT2D eigenvalue weighted by molar-refractivity contribution is -0.118. The van der Waals surface area contributed by atoms with Gasteiger partial charge >= 0.3 is 0 Å². The Morgan fingerprint density at radius 3 is 2.62 bits per heavy atom. The van der Waals surface area contributed by atoms with Gasteiger partial charge in [-0.25, -0.2) is 0 Å². The van der Waals surface area contributed by atoms with Crippen molar-refractivity contribution in [2.24, 2.45) is 0 Å². The highest BCUT2D eigenvalue weighted by atomic mass is 32.2. The summed E-state index contributed by atoms with van der Waals surface area (Å²) in [5, 5.41) is 5.16. The van der Waals surface area contributed by atoms with Gasteiger partial charge in [0.05, 0.1) is 5.75 Å². The molecule has 3 rings (SSSR count). The second-order valence-electron chi connectivity index (χ2n) is 6.70. The van der Waals surface area contributed by atoms with Crippen LogP contribution in [0.1, 0.15) is 16.0 Å². The van der Waals surface area contributed by atoms with Crippen LogP contribution in [0.2, 0.25) is 0 Å². The largest absolute Gasteiger partial charge is 0.351 e. The summed E-state index contributed by atoms with van der Waals surface area (Å²) in [5.74, 6) is 1.53. The van der Waals surface area contributed by atoms with Crippen LogP contribution in [0.3, 0.4) is 0 Å². The van der Waals surface area contributed by atoms with E-state index >= 15 is 0 Å². The van der Waals surface area contributed by atoms with Crippen LogP contribution < -0.4 is 5.32 Å². The Balaban J connectivity index is 1.44. The van der Waals surface area contributed by atoms with Crippen LogP contribution in [0.15, 0.2) is 41.8 Å². The van der Waals surface area contributed by atoms with Gasteiger partial charge in [-0.05, 0) is 29.6 Å². The molecule has 2 aromatic rings. The second kappa shape index (κ2) is 10.1. The number of carbonyl (C=O) groups is 1. The van der Waals surface area contributed by atoms with E-state index in [1.165, 1.54) is 16.0 Å². The normalized spacial score (nSPS) is 15.9. The van der Waals surface area contributed by atoms with Gasteiger partial charge < -0.3 is 10.2 Å². The fourth-order valence-corrected chi connectivity index (χ4v) is 4.71. The van der Waals surface area contributed by atoms with Crippen molar-refractivity contribution in [3.63, 3.8) is 0 Å². The predicted octanol–water partition coefficient (Wildman–Crippen LogP) is 3.05. The monoisotopic (exact) mass is 389 g/mol. The molecule has 1 aliphatic rings. The molecule has 6 heteroatoms. The molecule has 26 heavy (non-hydrogen) atoms. The van der Waals surface area contributed by atoms with Crippen LogP contribution in [0.25, 0.3) is 0 Å². The number of nitrogens with zero attached hydrogens (tertiary/aromatic N) is 2. The first-order valence-electron chi connectivity index (χ1n) is 9.05. The van der Waals surface area contributed by atoms with E-state index in [9.17, 15) is 4.79 Å². The summed E-state index contributed by atoms with van der Waals surface area (Å²) < 4.78 is 0. The topological polar surface area (TPSA) is 35.6 Å². The molecule has 0 saturated carbocycles. The third-order valence-electron chi connectivity index (χ3n) is 4.64. The Kier molecular flexibility index (Phi) is 7.55. The van der Waals surface area contributed by atoms with Crippen LogP contribution in [0.5, 0.6) is 0 Å². The van der Waals surface area contributed by atoms with E-state index in [0.29, 0.717) is 12.3 Å². The molecule has 0 spiro atoms. The van der Waals surface area contributed by atoms with Gasteiger partial charge in [-0.1, -0.05) is 30.3 Å². The minimum Gasteiger partial charge on any atom is -0.351 e. The SMILES string of the molecule is CN1CCN(Cc2ccccc2CNC(=O)CSCc2cccs2)CC1. The maximum absolute atomic E-state index is 12.1. The number of benzene rings is 1. The molecule has 1 aromatic carbocycles. The molecule has 1 saturated heterocycles. The zero-order chi connectivity index (χ0) is 18.2. The molecular formula is C20H27N3OS2. The van der Waals surface area contributed by atoms with Crippen molar-refractivity contribution in [2.75, 3.05) is 39.0 Å². The summed E-state index contributed by atoms with van der Waals surface area (Å²) in [6.07, 6.45) is 0. The van der Waals surface area contributed by atoms with Gasteiger partial charge in [0.25, 0.3) is 0 Å². The average molecular weight is 390 g/mol. The predicted molar refractivity (Wildman–Crippen MR) is 112 cm³/mol. The maximum atomic E-state index is 12.1. The number of thiophene rings is 1. The van der Waals surface area contributed by atoms with Crippen molar-refractivity contribution in [3.05, 3.63) is 57.8 Å². The standard InChI is InChI=1S/C20H27N3OS2/c1-22-8-10-23(11-9-22)14-18-6-3-2-5-17(18)13-21-20(24)16-25-15-19-7-4-12-26-19/h2-7,12H,8-11,13-16H2,1H3,(H,21,24). The highest BCUT2D eigenvalue weighted by Crippen LogP contribution is 2.17. The Morgan fingerprint density at radius 1 is 1.12 bits per heavy atom. The van der Waals surface area contributed by atoms with Gasteiger partial charge in [-0.2, -0.15) is 0 Å². The maximum Gasteiger partial charge on any atom is 0.230 e. The average Bonchev–Trinajstić information content (AvgIpc) is 3.16. The van der Waals surface area contributed by atoms with E-state index in [1.54, 1.807) is 23.1 Å². The fraction of sp³-hybridized carbons (Fsp3) is 0.450. The molecule has 0 unspecified atom stereocenters. The first-order valence-corrected chi connectivity index (χ1v) is 11.1. The Bertz CT molecular complexity index is 682. The lowest BCUT2D eigenvalue weighted by atomic mass is 10.1. The van der Waals surface area contributed by atoms with Crippen molar-refractivity contribution in [2.45, 2.75) is 18.8 Å². The molecule has 2 heterocycles. The van der Waals surface area contributed by atoms with Gasteiger partial charge in [0.15, 0.2) is 0 Å². The number of piperazine rings is 1. The second-order valence-corrected chi connectivity index (χ2v) is 8.71. The number of amides is 1. The number of carbonyl (C=O) groups excluding carboxylic acids is 1. The molecule has 0 atom stereocenters. The highest BCUT2D eigenvalue weighted by molar-refractivity contribution is 7.99. The smallest absolute Gasteiger partial charge is 0.230 e. The van der Waals surface area contributed by atoms with Gasteiger partial charge in [-0.15, -0.1) is 23.1 Å². The minimum absolute atomic E-state index is 0.112. The zero-order valence-corrected chi connectivity index (χ0v) is 17.0. The van der Waals surface area contributed by atoms with Gasteiger partial charge in [0.1, 0.15) is 0 Å². The molecule has 0 bridgehead atoms. The number of hydrogen-bond acceptors (Lipinski definition) is 5. The Labute approximate surface area is 164 Å². The van der Waals surface area contributed by atoms with Crippen molar-refractivity contribution in [1.82, 2.24) is 15.1 Å². The van der Waals surface area contributed by atoms with E-state index in [4.69, 9.17) is 0 Å². The van der Waals surface area contributed by atoms with E-state index in [0.717, 1.165) is 38.5 Å². The quantitative estimate of drug-likeness (QED) is 0.753. The number of likely N-dealkylation sites (N-methyl/N-ethyl adjacent to an activating group) is 1. The third kappa shape index (κ3) is 6.13. The zero-order valence-electron chi connectivity index (χ0n) is 15.3. The van der Waals surface area contributed by atoms with Crippen LogP contribution in [-0.2, 0) is 23.6 Å².